The van der Waals surface area contributed by atoms with Crippen molar-refractivity contribution < 1.29 is 9.53 Å². The van der Waals surface area contributed by atoms with Crippen LogP contribution in [-0.2, 0) is 23.6 Å². The highest BCUT2D eigenvalue weighted by Gasteiger charge is 2.30. The van der Waals surface area contributed by atoms with Gasteiger partial charge < -0.3 is 9.64 Å². The molecule has 0 fully saturated rings. The number of halogens is 2. The molecular weight excluding hydrogens is 408 g/mol. The molecule has 0 N–H and O–H groups in total. The van der Waals surface area contributed by atoms with Gasteiger partial charge in [-0.1, -0.05) is 0 Å². The van der Waals surface area contributed by atoms with E-state index in [1.165, 1.54) is 0 Å². The van der Waals surface area contributed by atoms with Crippen molar-refractivity contribution in [2.45, 2.75) is 45.2 Å². The van der Waals surface area contributed by atoms with Crippen molar-refractivity contribution in [2.24, 2.45) is 0 Å². The number of carbonyl (C=O) groups is 1. The fourth-order valence-electron chi connectivity index (χ4n) is 2.78. The van der Waals surface area contributed by atoms with Crippen LogP contribution in [0.4, 0.5) is 4.79 Å². The van der Waals surface area contributed by atoms with Crippen LogP contribution in [0.5, 0.6) is 0 Å². The summed E-state index contributed by atoms with van der Waals surface area (Å²) in [6.45, 7) is 6.63. The predicted molar refractivity (Wildman–Crippen MR) is 99.0 cm³/mol. The Hall–Kier alpha value is -1.60. The van der Waals surface area contributed by atoms with Gasteiger partial charge in [-0.25, -0.2) is 14.5 Å². The van der Waals surface area contributed by atoms with Crippen molar-refractivity contribution >= 4 is 33.6 Å². The van der Waals surface area contributed by atoms with Gasteiger partial charge in [0.2, 0.25) is 0 Å². The Morgan fingerprint density at radius 2 is 2.16 bits per heavy atom. The van der Waals surface area contributed by atoms with Gasteiger partial charge in [-0.2, -0.15) is 5.10 Å². The van der Waals surface area contributed by atoms with Crippen molar-refractivity contribution in [3.63, 3.8) is 0 Å². The number of amides is 1. The summed E-state index contributed by atoms with van der Waals surface area (Å²) in [4.78, 5) is 18.3. The third kappa shape index (κ3) is 3.98. The van der Waals surface area contributed by atoms with E-state index in [0.29, 0.717) is 25.4 Å². The lowest BCUT2D eigenvalue weighted by atomic mass is 10.1. The molecule has 0 atom stereocenters. The average Bonchev–Trinajstić information content (AvgIpc) is 2.92. The number of ether oxygens (including phenoxy) is 1. The van der Waals surface area contributed by atoms with E-state index < -0.39 is 5.60 Å². The second kappa shape index (κ2) is 6.96. The molecule has 0 unspecified atom stereocenters. The first kappa shape index (κ1) is 18.2. The molecule has 6 nitrogen and oxygen atoms in total. The first-order chi connectivity index (χ1) is 11.8. The molecule has 134 valence electrons. The van der Waals surface area contributed by atoms with E-state index in [4.69, 9.17) is 16.3 Å². The molecule has 0 aliphatic carbocycles. The third-order valence-corrected chi connectivity index (χ3v) is 4.60. The van der Waals surface area contributed by atoms with Crippen molar-refractivity contribution in [1.29, 1.82) is 0 Å². The minimum absolute atomic E-state index is 0.293. The molecular formula is C17H20BrClN4O2. The van der Waals surface area contributed by atoms with Crippen LogP contribution in [-0.4, -0.2) is 37.9 Å². The molecule has 1 aliphatic rings. The Bertz CT molecular complexity index is 783. The normalized spacial score (nSPS) is 14.4. The van der Waals surface area contributed by atoms with Crippen LogP contribution in [0.1, 0.15) is 37.7 Å². The average molecular weight is 428 g/mol. The summed E-state index contributed by atoms with van der Waals surface area (Å²) in [5.41, 5.74) is 3.21. The van der Waals surface area contributed by atoms with Gasteiger partial charge in [0, 0.05) is 18.5 Å². The van der Waals surface area contributed by atoms with E-state index in [2.05, 4.69) is 26.0 Å². The molecule has 0 spiro atoms. The number of hydrogen-bond donors (Lipinski definition) is 0. The summed E-state index contributed by atoms with van der Waals surface area (Å²) in [6, 6.07) is 3.82. The van der Waals surface area contributed by atoms with E-state index in [1.54, 1.807) is 11.1 Å². The van der Waals surface area contributed by atoms with Gasteiger partial charge in [0.1, 0.15) is 10.2 Å². The molecule has 0 aromatic carbocycles. The Kier molecular flexibility index (Phi) is 5.06. The number of alkyl halides is 1. The first-order valence-corrected chi connectivity index (χ1v) is 9.36. The lowest BCUT2D eigenvalue weighted by Gasteiger charge is -2.30. The van der Waals surface area contributed by atoms with Gasteiger partial charge >= 0.3 is 6.09 Å². The number of aromatic nitrogens is 3. The summed E-state index contributed by atoms with van der Waals surface area (Å²) in [6.07, 6.45) is 2.14. The van der Waals surface area contributed by atoms with E-state index in [-0.39, 0.29) is 6.09 Å². The maximum absolute atomic E-state index is 12.4. The van der Waals surface area contributed by atoms with Gasteiger partial charge in [-0.3, -0.25) is 0 Å². The smallest absolute Gasteiger partial charge is 0.410 e. The van der Waals surface area contributed by atoms with E-state index in [9.17, 15) is 4.79 Å². The highest BCUT2D eigenvalue weighted by atomic mass is 79.9. The van der Waals surface area contributed by atoms with E-state index in [1.807, 2.05) is 37.6 Å². The van der Waals surface area contributed by atoms with Crippen molar-refractivity contribution in [3.05, 3.63) is 39.9 Å². The lowest BCUT2D eigenvalue weighted by molar-refractivity contribution is 0.0222. The first-order valence-electron chi connectivity index (χ1n) is 8.04. The van der Waals surface area contributed by atoms with Crippen molar-refractivity contribution in [2.75, 3.05) is 6.54 Å². The number of fused-ring (bicyclic) bond motifs is 1. The summed E-state index contributed by atoms with van der Waals surface area (Å²) in [7, 11) is 0. The third-order valence-electron chi connectivity index (χ3n) is 3.88. The minimum Gasteiger partial charge on any atom is -0.444 e. The zero-order valence-electron chi connectivity index (χ0n) is 14.4. The maximum Gasteiger partial charge on any atom is 0.410 e. The molecule has 2 aromatic rings. The molecule has 3 heterocycles. The van der Waals surface area contributed by atoms with Crippen LogP contribution >= 0.6 is 27.5 Å². The number of pyridine rings is 1. The summed E-state index contributed by atoms with van der Waals surface area (Å²) < 4.78 is 8.13. The standard InChI is InChI=1S/C17H20BrClN4O2/c1-17(2,3)25-16(24)22-7-6-14-12(10-22)13(8-19)21-23(14)11-4-5-15(18)20-9-11/h4-5,9H,6-8,10H2,1-3H3. The van der Waals surface area contributed by atoms with Gasteiger partial charge in [0.15, 0.2) is 0 Å². The maximum atomic E-state index is 12.4. The molecule has 0 radical (unpaired) electrons. The Morgan fingerprint density at radius 3 is 2.76 bits per heavy atom. The summed E-state index contributed by atoms with van der Waals surface area (Å²) in [5.74, 6) is 0.293. The van der Waals surface area contributed by atoms with E-state index in [0.717, 1.165) is 27.2 Å². The molecule has 2 aromatic heterocycles. The monoisotopic (exact) mass is 426 g/mol. The number of nitrogens with zero attached hydrogens (tertiary/aromatic N) is 4. The van der Waals surface area contributed by atoms with Crippen LogP contribution in [0.3, 0.4) is 0 Å². The van der Waals surface area contributed by atoms with Gasteiger partial charge in [-0.05, 0) is 48.8 Å². The fraction of sp³-hybridized carbons (Fsp3) is 0.471. The van der Waals surface area contributed by atoms with E-state index >= 15 is 0 Å². The van der Waals surface area contributed by atoms with Gasteiger partial charge in [0.25, 0.3) is 0 Å². The Labute approximate surface area is 160 Å². The second-order valence-corrected chi connectivity index (χ2v) is 7.99. The minimum atomic E-state index is -0.514. The molecule has 0 bridgehead atoms. The SMILES string of the molecule is CC(C)(C)OC(=O)N1CCc2c(c(CCl)nn2-c2ccc(Br)nc2)C1. The highest BCUT2D eigenvalue weighted by Crippen LogP contribution is 2.27. The molecule has 1 aliphatic heterocycles. The number of hydrogen-bond acceptors (Lipinski definition) is 4. The number of carbonyl (C=O) groups excluding carboxylic acids is 1. The highest BCUT2D eigenvalue weighted by molar-refractivity contribution is 9.10. The molecule has 3 rings (SSSR count). The molecule has 1 amide bonds. The van der Waals surface area contributed by atoms with Gasteiger partial charge in [0.05, 0.1) is 35.7 Å². The summed E-state index contributed by atoms with van der Waals surface area (Å²) >= 11 is 9.43. The van der Waals surface area contributed by atoms with Crippen LogP contribution in [0.15, 0.2) is 22.9 Å². The zero-order chi connectivity index (χ0) is 18.2. The lowest BCUT2D eigenvalue weighted by Crippen LogP contribution is -2.40. The molecule has 0 saturated heterocycles. The van der Waals surface area contributed by atoms with Crippen LogP contribution in [0.2, 0.25) is 0 Å². The second-order valence-electron chi connectivity index (χ2n) is 6.91. The van der Waals surface area contributed by atoms with Crippen LogP contribution in [0, 0.1) is 0 Å². The van der Waals surface area contributed by atoms with Crippen LogP contribution in [0.25, 0.3) is 5.69 Å². The van der Waals surface area contributed by atoms with Crippen molar-refractivity contribution in [1.82, 2.24) is 19.7 Å². The zero-order valence-corrected chi connectivity index (χ0v) is 16.8. The summed E-state index contributed by atoms with van der Waals surface area (Å²) in [5, 5.41) is 4.63. The van der Waals surface area contributed by atoms with Gasteiger partial charge in [-0.15, -0.1) is 11.6 Å². The van der Waals surface area contributed by atoms with Crippen LogP contribution < -0.4 is 0 Å². The Morgan fingerprint density at radius 1 is 1.40 bits per heavy atom. The molecule has 25 heavy (non-hydrogen) atoms. The van der Waals surface area contributed by atoms with Crippen molar-refractivity contribution in [3.8, 4) is 5.69 Å². The fourth-order valence-corrected chi connectivity index (χ4v) is 3.23. The topological polar surface area (TPSA) is 60.2 Å². The predicted octanol–water partition coefficient (Wildman–Crippen LogP) is 4.06. The largest absolute Gasteiger partial charge is 0.444 e. The molecule has 0 saturated carbocycles. The molecule has 8 heteroatoms. The number of rotatable bonds is 2. The Balaban J connectivity index is 1.90. The quantitative estimate of drug-likeness (QED) is 0.535.